The first-order valence-electron chi connectivity index (χ1n) is 4.94. The maximum absolute atomic E-state index is 10.5. The molecule has 0 aliphatic carbocycles. The Balaban J connectivity index is 1.98. The molecule has 0 bridgehead atoms. The largest absolute Gasteiger partial charge is 0.448 e. The van der Waals surface area contributed by atoms with Gasteiger partial charge in [-0.1, -0.05) is 0 Å². The number of nitrogens with zero attached hydrogens (tertiary/aromatic N) is 2. The summed E-state index contributed by atoms with van der Waals surface area (Å²) in [7, 11) is 0. The van der Waals surface area contributed by atoms with Gasteiger partial charge in [0, 0.05) is 12.1 Å². The van der Waals surface area contributed by atoms with E-state index in [1.54, 1.807) is 24.3 Å². The van der Waals surface area contributed by atoms with Crippen LogP contribution in [0.15, 0.2) is 50.6 Å². The molecule has 1 N–H and O–H groups in total. The molecule has 0 aliphatic heterocycles. The predicted octanol–water partition coefficient (Wildman–Crippen LogP) is 3.40. The van der Waals surface area contributed by atoms with Crippen molar-refractivity contribution in [3.05, 3.63) is 56.9 Å². The fourth-order valence-corrected chi connectivity index (χ4v) is 1.54. The van der Waals surface area contributed by atoms with E-state index in [1.165, 1.54) is 18.3 Å². The SMILES string of the molecule is O=[N+]([O-])c1ccc(N/N=C\c2ccc(Br)o2)cc1. The Morgan fingerprint density at radius 2 is 2.00 bits per heavy atom. The van der Waals surface area contributed by atoms with Crippen LogP contribution >= 0.6 is 15.9 Å². The minimum atomic E-state index is -0.451. The van der Waals surface area contributed by atoms with Gasteiger partial charge in [0.15, 0.2) is 4.67 Å². The van der Waals surface area contributed by atoms with Crippen LogP contribution in [0, 0.1) is 10.1 Å². The first-order valence-corrected chi connectivity index (χ1v) is 5.73. The van der Waals surface area contributed by atoms with Gasteiger partial charge in [0.1, 0.15) is 5.76 Å². The molecule has 18 heavy (non-hydrogen) atoms. The topological polar surface area (TPSA) is 80.7 Å². The number of hydrazone groups is 1. The van der Waals surface area contributed by atoms with Crippen molar-refractivity contribution in [2.75, 3.05) is 5.43 Å². The normalized spacial score (nSPS) is 10.7. The summed E-state index contributed by atoms with van der Waals surface area (Å²) in [5.74, 6) is 0.594. The van der Waals surface area contributed by atoms with Gasteiger partial charge in [0.25, 0.3) is 5.69 Å². The number of benzene rings is 1. The fourth-order valence-electron chi connectivity index (χ4n) is 1.23. The van der Waals surface area contributed by atoms with Gasteiger partial charge < -0.3 is 4.42 Å². The molecule has 7 heteroatoms. The second-order valence-electron chi connectivity index (χ2n) is 3.32. The molecule has 0 saturated carbocycles. The molecule has 1 aromatic carbocycles. The summed E-state index contributed by atoms with van der Waals surface area (Å²) in [5.41, 5.74) is 3.44. The second kappa shape index (κ2) is 5.46. The summed E-state index contributed by atoms with van der Waals surface area (Å²) in [6.45, 7) is 0. The minimum Gasteiger partial charge on any atom is -0.448 e. The summed E-state index contributed by atoms with van der Waals surface area (Å²) in [6.07, 6.45) is 1.51. The minimum absolute atomic E-state index is 0.0412. The van der Waals surface area contributed by atoms with Crippen molar-refractivity contribution in [3.63, 3.8) is 0 Å². The number of non-ortho nitro benzene ring substituents is 1. The monoisotopic (exact) mass is 309 g/mol. The number of hydrogen-bond donors (Lipinski definition) is 1. The van der Waals surface area contributed by atoms with Gasteiger partial charge in [-0.25, -0.2) is 0 Å². The summed E-state index contributed by atoms with van der Waals surface area (Å²) in [5, 5.41) is 14.4. The van der Waals surface area contributed by atoms with Crippen LogP contribution in [0.1, 0.15) is 5.76 Å². The highest BCUT2D eigenvalue weighted by atomic mass is 79.9. The Kier molecular flexibility index (Phi) is 3.73. The van der Waals surface area contributed by atoms with E-state index in [9.17, 15) is 10.1 Å². The number of nitro groups is 1. The molecule has 0 spiro atoms. The van der Waals surface area contributed by atoms with E-state index in [0.717, 1.165) is 0 Å². The molecule has 2 aromatic rings. The number of nitrogens with one attached hydrogen (secondary N) is 1. The maximum Gasteiger partial charge on any atom is 0.269 e. The molecule has 0 saturated heterocycles. The van der Waals surface area contributed by atoms with Crippen molar-refractivity contribution < 1.29 is 9.34 Å². The summed E-state index contributed by atoms with van der Waals surface area (Å²) < 4.78 is 5.83. The first-order chi connectivity index (χ1) is 8.65. The third-order valence-electron chi connectivity index (χ3n) is 2.06. The van der Waals surface area contributed by atoms with Crippen LogP contribution < -0.4 is 5.43 Å². The number of rotatable bonds is 4. The van der Waals surface area contributed by atoms with Crippen molar-refractivity contribution in [2.24, 2.45) is 5.10 Å². The van der Waals surface area contributed by atoms with Gasteiger partial charge in [-0.15, -0.1) is 0 Å². The van der Waals surface area contributed by atoms with E-state index in [-0.39, 0.29) is 5.69 Å². The molecule has 0 aliphatic rings. The van der Waals surface area contributed by atoms with E-state index in [4.69, 9.17) is 4.42 Å². The summed E-state index contributed by atoms with van der Waals surface area (Å²) in [4.78, 5) is 10.0. The lowest BCUT2D eigenvalue weighted by molar-refractivity contribution is -0.384. The van der Waals surface area contributed by atoms with Gasteiger partial charge in [-0.3, -0.25) is 15.5 Å². The summed E-state index contributed by atoms with van der Waals surface area (Å²) >= 11 is 3.18. The maximum atomic E-state index is 10.5. The Labute approximate surface area is 111 Å². The lowest BCUT2D eigenvalue weighted by Crippen LogP contribution is -1.91. The zero-order chi connectivity index (χ0) is 13.0. The highest BCUT2D eigenvalue weighted by Crippen LogP contribution is 2.15. The Morgan fingerprint density at radius 3 is 2.56 bits per heavy atom. The predicted molar refractivity (Wildman–Crippen MR) is 70.7 cm³/mol. The van der Waals surface area contributed by atoms with Crippen LogP contribution in [0.2, 0.25) is 0 Å². The van der Waals surface area contributed by atoms with Crippen LogP contribution in [0.4, 0.5) is 11.4 Å². The van der Waals surface area contributed by atoms with Gasteiger partial charge in [-0.05, 0) is 40.2 Å². The van der Waals surface area contributed by atoms with Gasteiger partial charge >= 0.3 is 0 Å². The molecule has 0 radical (unpaired) electrons. The Hall–Kier alpha value is -2.15. The Bertz CT molecular complexity index is 577. The zero-order valence-electron chi connectivity index (χ0n) is 9.04. The molecule has 1 aromatic heterocycles. The highest BCUT2D eigenvalue weighted by molar-refractivity contribution is 9.10. The molecule has 6 nitrogen and oxygen atoms in total. The molecule has 0 fully saturated rings. The molecule has 92 valence electrons. The van der Waals surface area contributed by atoms with Crippen molar-refractivity contribution >= 4 is 33.5 Å². The standard InChI is InChI=1S/C11H8BrN3O3/c12-11-6-5-10(18-11)7-13-14-8-1-3-9(4-2-8)15(16)17/h1-7,14H/b13-7-. The van der Waals surface area contributed by atoms with Crippen molar-refractivity contribution in [2.45, 2.75) is 0 Å². The third kappa shape index (κ3) is 3.17. The van der Waals surface area contributed by atoms with Gasteiger partial charge in [-0.2, -0.15) is 5.10 Å². The van der Waals surface area contributed by atoms with Crippen LogP contribution in [0.25, 0.3) is 0 Å². The van der Waals surface area contributed by atoms with Crippen LogP contribution in [-0.2, 0) is 0 Å². The molecule has 0 amide bonds. The van der Waals surface area contributed by atoms with E-state index < -0.39 is 4.92 Å². The molecule has 2 rings (SSSR count). The van der Waals surface area contributed by atoms with E-state index in [2.05, 4.69) is 26.5 Å². The number of furan rings is 1. The van der Waals surface area contributed by atoms with E-state index in [1.807, 2.05) is 0 Å². The smallest absolute Gasteiger partial charge is 0.269 e. The molecule has 0 unspecified atom stereocenters. The number of nitro benzene ring substituents is 1. The second-order valence-corrected chi connectivity index (χ2v) is 4.10. The molecular weight excluding hydrogens is 302 g/mol. The first kappa shape index (κ1) is 12.3. The average molecular weight is 310 g/mol. The van der Waals surface area contributed by atoms with E-state index in [0.29, 0.717) is 16.1 Å². The summed E-state index contributed by atoms with van der Waals surface area (Å²) in [6, 6.07) is 9.47. The number of hydrogen-bond acceptors (Lipinski definition) is 5. The van der Waals surface area contributed by atoms with Crippen molar-refractivity contribution in [1.82, 2.24) is 0 Å². The molecule has 1 heterocycles. The number of halogens is 1. The van der Waals surface area contributed by atoms with Crippen LogP contribution in [0.5, 0.6) is 0 Å². The van der Waals surface area contributed by atoms with E-state index >= 15 is 0 Å². The van der Waals surface area contributed by atoms with Gasteiger partial charge in [0.2, 0.25) is 0 Å². The van der Waals surface area contributed by atoms with Crippen molar-refractivity contribution in [3.8, 4) is 0 Å². The third-order valence-corrected chi connectivity index (χ3v) is 2.48. The van der Waals surface area contributed by atoms with Crippen LogP contribution in [-0.4, -0.2) is 11.1 Å². The quantitative estimate of drug-likeness (QED) is 0.533. The lowest BCUT2D eigenvalue weighted by atomic mass is 10.3. The fraction of sp³-hybridized carbons (Fsp3) is 0. The average Bonchev–Trinajstić information content (AvgIpc) is 2.76. The molecular formula is C11H8BrN3O3. The highest BCUT2D eigenvalue weighted by Gasteiger charge is 2.02. The number of anilines is 1. The van der Waals surface area contributed by atoms with Crippen LogP contribution in [0.3, 0.4) is 0 Å². The zero-order valence-corrected chi connectivity index (χ0v) is 10.6. The van der Waals surface area contributed by atoms with Crippen molar-refractivity contribution in [1.29, 1.82) is 0 Å². The lowest BCUT2D eigenvalue weighted by Gasteiger charge is -1.98. The Morgan fingerprint density at radius 1 is 1.28 bits per heavy atom. The van der Waals surface area contributed by atoms with Gasteiger partial charge in [0.05, 0.1) is 16.8 Å². The molecule has 0 atom stereocenters.